The van der Waals surface area contributed by atoms with Crippen molar-refractivity contribution in [2.24, 2.45) is 11.8 Å². The lowest BCUT2D eigenvalue weighted by atomic mass is 10.0. The van der Waals surface area contributed by atoms with Gasteiger partial charge in [0.2, 0.25) is 0 Å². The zero-order chi connectivity index (χ0) is 14.1. The molecule has 21 heavy (non-hydrogen) atoms. The monoisotopic (exact) mass is 303 g/mol. The summed E-state index contributed by atoms with van der Waals surface area (Å²) in [7, 11) is 0. The van der Waals surface area contributed by atoms with E-state index in [1.165, 1.54) is 23.8 Å². The highest BCUT2D eigenvalue weighted by molar-refractivity contribution is 7.99. The topological polar surface area (TPSA) is 39.9 Å². The molecule has 0 bridgehead atoms. The molecule has 0 N–H and O–H groups in total. The zero-order valence-electron chi connectivity index (χ0n) is 12.2. The minimum absolute atomic E-state index is 0.612. The van der Waals surface area contributed by atoms with Gasteiger partial charge in [0.05, 0.1) is 6.61 Å². The maximum absolute atomic E-state index is 5.53. The van der Waals surface area contributed by atoms with Gasteiger partial charge in [0.15, 0.2) is 5.65 Å². The first-order valence-corrected chi connectivity index (χ1v) is 9.01. The smallest absolute Gasteiger partial charge is 0.159 e. The first-order valence-electron chi connectivity index (χ1n) is 7.86. The van der Waals surface area contributed by atoms with Gasteiger partial charge in [-0.1, -0.05) is 0 Å². The second kappa shape index (κ2) is 5.97. The summed E-state index contributed by atoms with van der Waals surface area (Å²) in [6.07, 6.45) is 5.46. The van der Waals surface area contributed by atoms with E-state index >= 15 is 0 Å². The van der Waals surface area contributed by atoms with Gasteiger partial charge in [-0.15, -0.1) is 0 Å². The normalized spacial score (nSPS) is 25.9. The summed E-state index contributed by atoms with van der Waals surface area (Å²) < 4.78 is 7.89. The molecule has 0 aromatic carbocycles. The summed E-state index contributed by atoms with van der Waals surface area (Å²) in [4.78, 5) is 9.44. The Hall–Kier alpha value is -1.07. The largest absolute Gasteiger partial charge is 0.381 e. The molecule has 5 heteroatoms. The minimum atomic E-state index is 0.612. The van der Waals surface area contributed by atoms with Gasteiger partial charge in [0, 0.05) is 31.7 Å². The van der Waals surface area contributed by atoms with Crippen molar-refractivity contribution in [2.45, 2.75) is 25.8 Å². The summed E-state index contributed by atoms with van der Waals surface area (Å²) in [5, 5.41) is 0. The Balaban J connectivity index is 1.65. The molecular formula is C16H21N3OS. The van der Waals surface area contributed by atoms with Crippen LogP contribution in [0.5, 0.6) is 0 Å². The number of ether oxygens (including phenoxy) is 1. The molecule has 0 spiro atoms. The van der Waals surface area contributed by atoms with Crippen LogP contribution in [0.15, 0.2) is 18.3 Å². The van der Waals surface area contributed by atoms with E-state index in [1.54, 1.807) is 0 Å². The second-order valence-electron chi connectivity index (χ2n) is 6.15. The average molecular weight is 303 g/mol. The minimum Gasteiger partial charge on any atom is -0.381 e. The summed E-state index contributed by atoms with van der Waals surface area (Å²) in [5.41, 5.74) is 2.09. The van der Waals surface area contributed by atoms with Crippen molar-refractivity contribution in [1.29, 1.82) is 0 Å². The van der Waals surface area contributed by atoms with Crippen LogP contribution >= 0.6 is 11.8 Å². The molecule has 2 unspecified atom stereocenters. The predicted molar refractivity (Wildman–Crippen MR) is 85.6 cm³/mol. The summed E-state index contributed by atoms with van der Waals surface area (Å²) >= 11 is 2.07. The molecule has 4 rings (SSSR count). The summed E-state index contributed by atoms with van der Waals surface area (Å²) in [6, 6.07) is 4.06. The fourth-order valence-corrected chi connectivity index (χ4v) is 4.63. The lowest BCUT2D eigenvalue weighted by Gasteiger charge is -2.14. The van der Waals surface area contributed by atoms with Gasteiger partial charge < -0.3 is 9.30 Å². The Morgan fingerprint density at radius 3 is 3.14 bits per heavy atom. The van der Waals surface area contributed by atoms with Crippen molar-refractivity contribution in [3.63, 3.8) is 0 Å². The molecule has 2 aromatic rings. The van der Waals surface area contributed by atoms with Crippen molar-refractivity contribution in [3.05, 3.63) is 24.2 Å². The highest BCUT2D eigenvalue weighted by atomic mass is 32.2. The maximum Gasteiger partial charge on any atom is 0.159 e. The Labute approximate surface area is 129 Å². The van der Waals surface area contributed by atoms with Crippen molar-refractivity contribution in [2.75, 3.05) is 24.7 Å². The van der Waals surface area contributed by atoms with E-state index in [0.717, 1.165) is 49.7 Å². The van der Waals surface area contributed by atoms with E-state index in [-0.39, 0.29) is 0 Å². The predicted octanol–water partition coefficient (Wildman–Crippen LogP) is 2.76. The fraction of sp³-hybridized carbons (Fsp3) is 0.625. The maximum atomic E-state index is 5.53. The van der Waals surface area contributed by atoms with Gasteiger partial charge in [-0.25, -0.2) is 9.97 Å². The number of hydrogen-bond donors (Lipinski definition) is 0. The van der Waals surface area contributed by atoms with Crippen molar-refractivity contribution < 1.29 is 4.74 Å². The van der Waals surface area contributed by atoms with Crippen LogP contribution in [0.2, 0.25) is 0 Å². The fourth-order valence-electron chi connectivity index (χ4n) is 3.34. The first kappa shape index (κ1) is 13.6. The third-order valence-electron chi connectivity index (χ3n) is 4.54. The molecular weight excluding hydrogens is 282 g/mol. The van der Waals surface area contributed by atoms with Crippen LogP contribution in [0.4, 0.5) is 0 Å². The molecule has 2 aliphatic heterocycles. The average Bonchev–Trinajstić information content (AvgIpc) is 3.23. The van der Waals surface area contributed by atoms with E-state index in [2.05, 4.69) is 27.4 Å². The van der Waals surface area contributed by atoms with Gasteiger partial charge in [0.1, 0.15) is 11.3 Å². The summed E-state index contributed by atoms with van der Waals surface area (Å²) in [6.45, 7) is 2.78. The molecule has 0 aliphatic carbocycles. The van der Waals surface area contributed by atoms with Crippen LogP contribution in [0.1, 0.15) is 18.7 Å². The van der Waals surface area contributed by atoms with E-state index in [9.17, 15) is 0 Å². The van der Waals surface area contributed by atoms with Crippen LogP contribution < -0.4 is 0 Å². The number of pyridine rings is 1. The Kier molecular flexibility index (Phi) is 3.86. The molecule has 0 saturated carbocycles. The van der Waals surface area contributed by atoms with Gasteiger partial charge in [-0.05, 0) is 42.4 Å². The van der Waals surface area contributed by atoms with Crippen molar-refractivity contribution in [3.8, 4) is 0 Å². The molecule has 4 nitrogen and oxygen atoms in total. The van der Waals surface area contributed by atoms with Crippen LogP contribution in [-0.4, -0.2) is 39.3 Å². The molecule has 0 amide bonds. The quantitative estimate of drug-likeness (QED) is 0.871. The van der Waals surface area contributed by atoms with Crippen molar-refractivity contribution >= 4 is 22.9 Å². The Morgan fingerprint density at radius 2 is 2.33 bits per heavy atom. The van der Waals surface area contributed by atoms with E-state index in [0.29, 0.717) is 5.92 Å². The number of hydrogen-bond acceptors (Lipinski definition) is 4. The summed E-state index contributed by atoms with van der Waals surface area (Å²) in [5.74, 6) is 5.21. The lowest BCUT2D eigenvalue weighted by molar-refractivity contribution is 0.182. The van der Waals surface area contributed by atoms with Crippen LogP contribution in [0.25, 0.3) is 11.2 Å². The number of imidazole rings is 1. The van der Waals surface area contributed by atoms with Crippen molar-refractivity contribution in [1.82, 2.24) is 14.5 Å². The SMILES string of the molecule is c1cnc2c(c1)nc(CC1CCSC1)n2CC1CCOC1. The molecule has 0 radical (unpaired) electrons. The van der Waals surface area contributed by atoms with Crippen LogP contribution in [-0.2, 0) is 17.7 Å². The molecule has 2 aromatic heterocycles. The van der Waals surface area contributed by atoms with Gasteiger partial charge in [0.25, 0.3) is 0 Å². The number of rotatable bonds is 4. The Morgan fingerprint density at radius 1 is 1.33 bits per heavy atom. The number of aromatic nitrogens is 3. The molecule has 2 saturated heterocycles. The van der Waals surface area contributed by atoms with Crippen LogP contribution in [0, 0.1) is 11.8 Å². The van der Waals surface area contributed by atoms with E-state index < -0.39 is 0 Å². The van der Waals surface area contributed by atoms with Crippen LogP contribution in [0.3, 0.4) is 0 Å². The standard InChI is InChI=1S/C16H21N3OS/c1-2-14-16(17-5-1)19(9-13-3-6-20-10-13)15(18-14)8-12-4-7-21-11-12/h1-2,5,12-13H,3-4,6-11H2. The zero-order valence-corrected chi connectivity index (χ0v) is 13.0. The van der Waals surface area contributed by atoms with Gasteiger partial charge >= 0.3 is 0 Å². The number of fused-ring (bicyclic) bond motifs is 1. The van der Waals surface area contributed by atoms with E-state index in [1.807, 2.05) is 12.3 Å². The molecule has 2 aliphatic rings. The molecule has 2 fully saturated rings. The third kappa shape index (κ3) is 2.81. The van der Waals surface area contributed by atoms with Gasteiger partial charge in [-0.3, -0.25) is 0 Å². The highest BCUT2D eigenvalue weighted by Gasteiger charge is 2.23. The Bertz CT molecular complexity index is 615. The lowest BCUT2D eigenvalue weighted by Crippen LogP contribution is -2.16. The van der Waals surface area contributed by atoms with Gasteiger partial charge in [-0.2, -0.15) is 11.8 Å². The molecule has 2 atom stereocenters. The molecule has 112 valence electrons. The molecule has 4 heterocycles. The third-order valence-corrected chi connectivity index (χ3v) is 5.77. The highest BCUT2D eigenvalue weighted by Crippen LogP contribution is 2.28. The first-order chi connectivity index (χ1) is 10.4. The number of thioether (sulfide) groups is 1. The second-order valence-corrected chi connectivity index (χ2v) is 7.30. The number of nitrogens with zero attached hydrogens (tertiary/aromatic N) is 3. The van der Waals surface area contributed by atoms with E-state index in [4.69, 9.17) is 9.72 Å².